The van der Waals surface area contributed by atoms with Crippen molar-refractivity contribution in [2.24, 2.45) is 5.73 Å². The van der Waals surface area contributed by atoms with E-state index in [0.29, 0.717) is 29.7 Å². The van der Waals surface area contributed by atoms with Crippen molar-refractivity contribution in [2.75, 3.05) is 14.2 Å². The lowest BCUT2D eigenvalue weighted by Crippen LogP contribution is -2.06. The number of rotatable bonds is 5. The zero-order chi connectivity index (χ0) is 15.4. The van der Waals surface area contributed by atoms with E-state index in [9.17, 15) is 0 Å². The first-order valence-electron chi connectivity index (χ1n) is 6.66. The van der Waals surface area contributed by atoms with E-state index in [1.165, 1.54) is 0 Å². The van der Waals surface area contributed by atoms with Gasteiger partial charge in [-0.15, -0.1) is 0 Å². The topological polar surface area (TPSA) is 66.6 Å². The van der Waals surface area contributed by atoms with E-state index in [4.69, 9.17) is 19.9 Å². The minimum atomic E-state index is 0.353. The molecule has 5 nitrogen and oxygen atoms in total. The molecule has 2 rings (SSSR count). The summed E-state index contributed by atoms with van der Waals surface area (Å²) in [5.41, 5.74) is 8.60. The Hall–Kier alpha value is -2.27. The summed E-state index contributed by atoms with van der Waals surface area (Å²) >= 11 is 0. The number of benzene rings is 1. The van der Waals surface area contributed by atoms with Crippen LogP contribution in [0.15, 0.2) is 24.3 Å². The van der Waals surface area contributed by atoms with Gasteiger partial charge in [0, 0.05) is 17.8 Å². The van der Waals surface area contributed by atoms with Crippen molar-refractivity contribution in [3.63, 3.8) is 0 Å². The van der Waals surface area contributed by atoms with E-state index in [-0.39, 0.29) is 0 Å². The molecule has 0 bridgehead atoms. The van der Waals surface area contributed by atoms with Gasteiger partial charge >= 0.3 is 0 Å². The van der Waals surface area contributed by atoms with Crippen molar-refractivity contribution in [3.05, 3.63) is 41.1 Å². The van der Waals surface area contributed by atoms with Gasteiger partial charge in [0.2, 0.25) is 11.6 Å². The maximum Gasteiger partial charge on any atom is 0.224 e. The normalized spacial score (nSPS) is 10.3. The molecule has 0 amide bonds. The molecular formula is C16H20N2O3. The molecule has 2 N–H and O–H groups in total. The zero-order valence-corrected chi connectivity index (χ0v) is 12.8. The van der Waals surface area contributed by atoms with Gasteiger partial charge in [0.15, 0.2) is 11.5 Å². The molecule has 0 fully saturated rings. The quantitative estimate of drug-likeness (QED) is 0.916. The third-order valence-electron chi connectivity index (χ3n) is 3.22. The Morgan fingerprint density at radius 3 is 2.24 bits per heavy atom. The van der Waals surface area contributed by atoms with Crippen LogP contribution in [-0.2, 0) is 6.54 Å². The summed E-state index contributed by atoms with van der Waals surface area (Å²) in [4.78, 5) is 4.44. The molecule has 0 unspecified atom stereocenters. The maximum absolute atomic E-state index is 5.96. The van der Waals surface area contributed by atoms with E-state index in [0.717, 1.165) is 16.8 Å². The summed E-state index contributed by atoms with van der Waals surface area (Å²) in [5, 5.41) is 0. The van der Waals surface area contributed by atoms with Gasteiger partial charge in [-0.3, -0.25) is 0 Å². The molecule has 0 saturated carbocycles. The van der Waals surface area contributed by atoms with Crippen LogP contribution in [0.25, 0.3) is 0 Å². The molecule has 1 aromatic heterocycles. The van der Waals surface area contributed by atoms with E-state index in [1.807, 2.05) is 38.1 Å². The van der Waals surface area contributed by atoms with Crippen LogP contribution in [0.1, 0.15) is 16.8 Å². The fourth-order valence-electron chi connectivity index (χ4n) is 2.18. The first-order valence-corrected chi connectivity index (χ1v) is 6.66. The highest BCUT2D eigenvalue weighted by Crippen LogP contribution is 2.40. The highest BCUT2D eigenvalue weighted by Gasteiger charge is 2.16. The average Bonchev–Trinajstić information content (AvgIpc) is 2.47. The smallest absolute Gasteiger partial charge is 0.224 e. The summed E-state index contributed by atoms with van der Waals surface area (Å²) in [6.45, 7) is 4.26. The van der Waals surface area contributed by atoms with Gasteiger partial charge in [-0.05, 0) is 37.6 Å². The van der Waals surface area contributed by atoms with E-state index >= 15 is 0 Å². The molecule has 5 heteroatoms. The summed E-state index contributed by atoms with van der Waals surface area (Å²) in [7, 11) is 3.17. The van der Waals surface area contributed by atoms with Gasteiger partial charge in [0.25, 0.3) is 0 Å². The number of para-hydroxylation sites is 1. The molecule has 112 valence electrons. The fourth-order valence-corrected chi connectivity index (χ4v) is 2.18. The number of aromatic nitrogens is 1. The fraction of sp³-hybridized carbons (Fsp3) is 0.312. The average molecular weight is 288 g/mol. The predicted octanol–water partition coefficient (Wildman–Crippen LogP) is 2.97. The molecule has 0 aliphatic heterocycles. The van der Waals surface area contributed by atoms with Crippen LogP contribution in [0.5, 0.6) is 23.1 Å². The predicted molar refractivity (Wildman–Crippen MR) is 81.2 cm³/mol. The number of aryl methyl sites for hydroxylation is 2. The Bertz CT molecular complexity index is 619. The van der Waals surface area contributed by atoms with Crippen molar-refractivity contribution in [1.82, 2.24) is 4.98 Å². The number of hydrogen-bond acceptors (Lipinski definition) is 5. The lowest BCUT2D eigenvalue weighted by atomic mass is 10.1. The van der Waals surface area contributed by atoms with Crippen LogP contribution in [-0.4, -0.2) is 19.2 Å². The van der Waals surface area contributed by atoms with Gasteiger partial charge in [0.1, 0.15) is 0 Å². The number of hydrogen-bond donors (Lipinski definition) is 1. The Balaban J connectivity index is 2.52. The second-order valence-corrected chi connectivity index (χ2v) is 4.66. The van der Waals surface area contributed by atoms with Crippen LogP contribution in [0, 0.1) is 13.8 Å². The van der Waals surface area contributed by atoms with Gasteiger partial charge in [-0.2, -0.15) is 0 Å². The van der Waals surface area contributed by atoms with Crippen LogP contribution < -0.4 is 19.9 Å². The SMILES string of the molecule is COc1cccc(OC)c1Oc1nc(C)cc(C)c1CN. The lowest BCUT2D eigenvalue weighted by molar-refractivity contribution is 0.340. The molecule has 1 heterocycles. The zero-order valence-electron chi connectivity index (χ0n) is 12.8. The Labute approximate surface area is 124 Å². The molecule has 0 radical (unpaired) electrons. The summed E-state index contributed by atoms with van der Waals surface area (Å²) in [5.74, 6) is 2.14. The van der Waals surface area contributed by atoms with Crippen LogP contribution in [0.3, 0.4) is 0 Å². The van der Waals surface area contributed by atoms with E-state index < -0.39 is 0 Å². The van der Waals surface area contributed by atoms with Gasteiger partial charge < -0.3 is 19.9 Å². The monoisotopic (exact) mass is 288 g/mol. The molecular weight excluding hydrogens is 268 g/mol. The van der Waals surface area contributed by atoms with Crippen LogP contribution in [0.2, 0.25) is 0 Å². The molecule has 0 atom stereocenters. The molecule has 1 aromatic carbocycles. The largest absolute Gasteiger partial charge is 0.493 e. The van der Waals surface area contributed by atoms with Crippen molar-refractivity contribution < 1.29 is 14.2 Å². The minimum Gasteiger partial charge on any atom is -0.493 e. The van der Waals surface area contributed by atoms with E-state index in [1.54, 1.807) is 14.2 Å². The minimum absolute atomic E-state index is 0.353. The third kappa shape index (κ3) is 3.08. The van der Waals surface area contributed by atoms with Crippen molar-refractivity contribution in [3.8, 4) is 23.1 Å². The molecule has 0 aliphatic carbocycles. The van der Waals surface area contributed by atoms with E-state index in [2.05, 4.69) is 4.98 Å². The number of methoxy groups -OCH3 is 2. The summed E-state index contributed by atoms with van der Waals surface area (Å²) in [6.07, 6.45) is 0. The number of pyridine rings is 1. The first-order chi connectivity index (χ1) is 10.1. The van der Waals surface area contributed by atoms with Gasteiger partial charge in [-0.1, -0.05) is 6.07 Å². The van der Waals surface area contributed by atoms with Crippen molar-refractivity contribution >= 4 is 0 Å². The number of ether oxygens (including phenoxy) is 3. The molecule has 2 aromatic rings. The lowest BCUT2D eigenvalue weighted by Gasteiger charge is -2.16. The molecule has 0 aliphatic rings. The van der Waals surface area contributed by atoms with Crippen LogP contribution in [0.4, 0.5) is 0 Å². The van der Waals surface area contributed by atoms with Gasteiger partial charge in [-0.25, -0.2) is 4.98 Å². The Morgan fingerprint density at radius 1 is 1.10 bits per heavy atom. The highest BCUT2D eigenvalue weighted by atomic mass is 16.5. The third-order valence-corrected chi connectivity index (χ3v) is 3.22. The number of nitrogens with two attached hydrogens (primary N) is 1. The maximum atomic E-state index is 5.96. The second kappa shape index (κ2) is 6.45. The van der Waals surface area contributed by atoms with Gasteiger partial charge in [0.05, 0.1) is 14.2 Å². The molecule has 21 heavy (non-hydrogen) atoms. The first kappa shape index (κ1) is 15.1. The summed E-state index contributed by atoms with van der Waals surface area (Å²) < 4.78 is 16.6. The van der Waals surface area contributed by atoms with Crippen molar-refractivity contribution in [2.45, 2.75) is 20.4 Å². The standard InChI is InChI=1S/C16H20N2O3/c1-10-8-11(2)18-16(12(10)9-17)21-15-13(19-3)6-5-7-14(15)20-4/h5-8H,9,17H2,1-4H3. The highest BCUT2D eigenvalue weighted by molar-refractivity contribution is 5.53. The molecule has 0 saturated heterocycles. The second-order valence-electron chi connectivity index (χ2n) is 4.66. The number of nitrogens with zero attached hydrogens (tertiary/aromatic N) is 1. The summed E-state index contributed by atoms with van der Waals surface area (Å²) in [6, 6.07) is 7.43. The Morgan fingerprint density at radius 2 is 1.71 bits per heavy atom. The Kier molecular flexibility index (Phi) is 4.65. The molecule has 0 spiro atoms. The van der Waals surface area contributed by atoms with Crippen LogP contribution >= 0.6 is 0 Å². The van der Waals surface area contributed by atoms with Crippen molar-refractivity contribution in [1.29, 1.82) is 0 Å².